The van der Waals surface area contributed by atoms with Crippen LogP contribution in [0.15, 0.2) is 60.7 Å². The fourth-order valence-corrected chi connectivity index (χ4v) is 4.03. The Bertz CT molecular complexity index is 831. The van der Waals surface area contributed by atoms with E-state index in [0.29, 0.717) is 11.8 Å². The van der Waals surface area contributed by atoms with Crippen LogP contribution in [0.5, 0.6) is 0 Å². The summed E-state index contributed by atoms with van der Waals surface area (Å²) in [4.78, 5) is 0. The summed E-state index contributed by atoms with van der Waals surface area (Å²) < 4.78 is 0. The van der Waals surface area contributed by atoms with Crippen molar-refractivity contribution in [3.05, 3.63) is 82.9 Å². The molecule has 0 saturated heterocycles. The summed E-state index contributed by atoms with van der Waals surface area (Å²) in [7, 11) is 0. The minimum atomic E-state index is 0.482. The molecule has 0 fully saturated rings. The van der Waals surface area contributed by atoms with E-state index in [1.807, 2.05) is 0 Å². The Labute approximate surface area is 171 Å². The maximum absolute atomic E-state index is 2.35. The predicted octanol–water partition coefficient (Wildman–Crippen LogP) is 8.39. The molecule has 0 unspecified atom stereocenters. The van der Waals surface area contributed by atoms with E-state index >= 15 is 0 Å². The van der Waals surface area contributed by atoms with E-state index in [0.717, 1.165) is 12.8 Å². The highest BCUT2D eigenvalue weighted by molar-refractivity contribution is 5.88. The molecule has 0 aliphatic carbocycles. The minimum Gasteiger partial charge on any atom is -0.0613 e. The zero-order chi connectivity index (χ0) is 20.3. The van der Waals surface area contributed by atoms with Crippen LogP contribution in [0.1, 0.15) is 75.6 Å². The van der Waals surface area contributed by atoms with Crippen LogP contribution in [0, 0.1) is 0 Å². The van der Waals surface area contributed by atoms with Gasteiger partial charge in [0.1, 0.15) is 0 Å². The molecule has 3 aromatic carbocycles. The van der Waals surface area contributed by atoms with Gasteiger partial charge in [0, 0.05) is 0 Å². The third-order valence-electron chi connectivity index (χ3n) is 5.82. The molecule has 0 aliphatic rings. The molecule has 0 aromatic heterocycles. The second-order valence-electron chi connectivity index (χ2n) is 8.40. The van der Waals surface area contributed by atoms with Crippen molar-refractivity contribution < 1.29 is 0 Å². The van der Waals surface area contributed by atoms with Gasteiger partial charge in [0.05, 0.1) is 0 Å². The van der Waals surface area contributed by atoms with Crippen LogP contribution < -0.4 is 0 Å². The first-order valence-electron chi connectivity index (χ1n) is 10.8. The van der Waals surface area contributed by atoms with Gasteiger partial charge in [-0.15, -0.1) is 0 Å². The van der Waals surface area contributed by atoms with Gasteiger partial charge in [0.25, 0.3) is 0 Å². The van der Waals surface area contributed by atoms with E-state index in [1.54, 1.807) is 0 Å². The van der Waals surface area contributed by atoms with Crippen molar-refractivity contribution in [2.24, 2.45) is 0 Å². The average Bonchev–Trinajstić information content (AvgIpc) is 2.72. The third-order valence-corrected chi connectivity index (χ3v) is 5.82. The smallest absolute Gasteiger partial charge is 0.00678 e. The molecule has 0 spiro atoms. The molecule has 0 nitrogen and oxygen atoms in total. The Kier molecular flexibility index (Phi) is 6.39. The van der Waals surface area contributed by atoms with E-state index in [1.165, 1.54) is 44.5 Å². The van der Waals surface area contributed by atoms with Gasteiger partial charge < -0.3 is 0 Å². The number of aryl methyl sites for hydroxylation is 2. The van der Waals surface area contributed by atoms with Crippen LogP contribution in [-0.2, 0) is 12.8 Å². The van der Waals surface area contributed by atoms with Crippen LogP contribution in [0.3, 0.4) is 0 Å². The summed E-state index contributed by atoms with van der Waals surface area (Å²) in [6, 6.07) is 23.1. The fourth-order valence-electron chi connectivity index (χ4n) is 4.03. The second-order valence-corrected chi connectivity index (χ2v) is 8.40. The Morgan fingerprint density at radius 3 is 1.07 bits per heavy atom. The van der Waals surface area contributed by atoms with Crippen molar-refractivity contribution in [1.82, 2.24) is 0 Å². The van der Waals surface area contributed by atoms with E-state index in [9.17, 15) is 0 Å². The zero-order valence-corrected chi connectivity index (χ0v) is 18.3. The Hall–Kier alpha value is -2.34. The lowest BCUT2D eigenvalue weighted by Gasteiger charge is -2.23. The van der Waals surface area contributed by atoms with Gasteiger partial charge in [-0.3, -0.25) is 0 Å². The number of rotatable bonds is 6. The molecular weight excluding hydrogens is 336 g/mol. The number of hydrogen-bond donors (Lipinski definition) is 0. The Morgan fingerprint density at radius 2 is 0.821 bits per heavy atom. The lowest BCUT2D eigenvalue weighted by Crippen LogP contribution is -2.02. The van der Waals surface area contributed by atoms with Gasteiger partial charge >= 0.3 is 0 Å². The molecule has 0 atom stereocenters. The van der Waals surface area contributed by atoms with E-state index < -0.39 is 0 Å². The van der Waals surface area contributed by atoms with Crippen LogP contribution >= 0.6 is 0 Å². The van der Waals surface area contributed by atoms with Gasteiger partial charge in [0.15, 0.2) is 0 Å². The maximum Gasteiger partial charge on any atom is -0.00678 e. The van der Waals surface area contributed by atoms with E-state index in [-0.39, 0.29) is 0 Å². The van der Waals surface area contributed by atoms with Crippen molar-refractivity contribution in [2.45, 2.75) is 66.2 Å². The van der Waals surface area contributed by atoms with Crippen molar-refractivity contribution in [3.63, 3.8) is 0 Å². The molecule has 0 N–H and O–H groups in total. The average molecular weight is 371 g/mol. The highest BCUT2D eigenvalue weighted by Gasteiger charge is 2.20. The van der Waals surface area contributed by atoms with Crippen LogP contribution in [0.25, 0.3) is 22.3 Å². The number of benzene rings is 3. The lowest BCUT2D eigenvalue weighted by molar-refractivity contribution is 0.849. The quantitative estimate of drug-likeness (QED) is 0.408. The topological polar surface area (TPSA) is 0 Å². The maximum atomic E-state index is 2.35. The summed E-state index contributed by atoms with van der Waals surface area (Å²) in [5.74, 6) is 0.964. The highest BCUT2D eigenvalue weighted by atomic mass is 14.2. The van der Waals surface area contributed by atoms with Crippen molar-refractivity contribution in [2.75, 3.05) is 0 Å². The second kappa shape index (κ2) is 8.78. The van der Waals surface area contributed by atoms with E-state index in [2.05, 4.69) is 102 Å². The molecule has 0 heteroatoms. The molecule has 28 heavy (non-hydrogen) atoms. The summed E-state index contributed by atoms with van der Waals surface area (Å²) in [6.45, 7) is 13.6. The first kappa shape index (κ1) is 20.4. The summed E-state index contributed by atoms with van der Waals surface area (Å²) in [6.07, 6.45) is 2.16. The normalized spacial score (nSPS) is 11.4. The molecule has 0 radical (unpaired) electrons. The van der Waals surface area contributed by atoms with Crippen LogP contribution in [0.2, 0.25) is 0 Å². The van der Waals surface area contributed by atoms with Gasteiger partial charge in [-0.25, -0.2) is 0 Å². The van der Waals surface area contributed by atoms with Crippen molar-refractivity contribution >= 4 is 0 Å². The molecular formula is C28H34. The van der Waals surface area contributed by atoms with Crippen LogP contribution in [-0.4, -0.2) is 0 Å². The fraction of sp³-hybridized carbons (Fsp3) is 0.357. The monoisotopic (exact) mass is 370 g/mol. The predicted molar refractivity (Wildman–Crippen MR) is 124 cm³/mol. The minimum absolute atomic E-state index is 0.482. The molecule has 0 heterocycles. The molecule has 3 aromatic rings. The van der Waals surface area contributed by atoms with Gasteiger partial charge in [-0.1, -0.05) is 102 Å². The molecule has 3 rings (SSSR count). The molecule has 0 bridgehead atoms. The largest absolute Gasteiger partial charge is 0.0613 e. The first-order valence-corrected chi connectivity index (χ1v) is 10.8. The Balaban J connectivity index is 2.33. The standard InChI is InChI=1S/C28H34/c1-7-21-9-13-23(14-10-21)27-25(19(3)4)17-18-26(20(5)6)28(27)24-15-11-22(8-2)12-16-24/h9-20H,7-8H2,1-6H3. The van der Waals surface area contributed by atoms with Crippen LogP contribution in [0.4, 0.5) is 0 Å². The molecule has 0 amide bonds. The van der Waals surface area contributed by atoms with E-state index in [4.69, 9.17) is 0 Å². The van der Waals surface area contributed by atoms with Gasteiger partial charge in [-0.05, 0) is 69.2 Å². The first-order chi connectivity index (χ1) is 13.5. The summed E-state index contributed by atoms with van der Waals surface area (Å²) in [5.41, 5.74) is 11.1. The highest BCUT2D eigenvalue weighted by Crippen LogP contribution is 2.42. The summed E-state index contributed by atoms with van der Waals surface area (Å²) >= 11 is 0. The Morgan fingerprint density at radius 1 is 0.500 bits per heavy atom. The number of hydrogen-bond acceptors (Lipinski definition) is 0. The molecule has 146 valence electrons. The molecule has 0 saturated carbocycles. The zero-order valence-electron chi connectivity index (χ0n) is 18.3. The van der Waals surface area contributed by atoms with Crippen molar-refractivity contribution in [1.29, 1.82) is 0 Å². The lowest BCUT2D eigenvalue weighted by atomic mass is 9.81. The van der Waals surface area contributed by atoms with Gasteiger partial charge in [-0.2, -0.15) is 0 Å². The van der Waals surface area contributed by atoms with Crippen molar-refractivity contribution in [3.8, 4) is 22.3 Å². The molecule has 0 aliphatic heterocycles. The SMILES string of the molecule is CCc1ccc(-c2c(C(C)C)ccc(C(C)C)c2-c2ccc(CC)cc2)cc1. The summed E-state index contributed by atoms with van der Waals surface area (Å²) in [5, 5.41) is 0. The third kappa shape index (κ3) is 4.07. The van der Waals surface area contributed by atoms with Gasteiger partial charge in [0.2, 0.25) is 0 Å².